The van der Waals surface area contributed by atoms with E-state index < -0.39 is 20.0 Å². The van der Waals surface area contributed by atoms with E-state index in [2.05, 4.69) is 55.6 Å². The molecule has 60 heavy (non-hydrogen) atoms. The van der Waals surface area contributed by atoms with Gasteiger partial charge in [0.2, 0.25) is 5.91 Å². The van der Waals surface area contributed by atoms with E-state index in [1.807, 2.05) is 21.1 Å². The molecule has 9 heteroatoms. The minimum atomic E-state index is -4.30. The van der Waals surface area contributed by atoms with E-state index in [-0.39, 0.29) is 19.1 Å². The van der Waals surface area contributed by atoms with Crippen molar-refractivity contribution in [2.45, 2.75) is 244 Å². The molecule has 0 rings (SSSR count). The zero-order valence-electron chi connectivity index (χ0n) is 40.2. The molecular weight excluding hydrogens is 768 g/mol. The first kappa shape index (κ1) is 58.7. The zero-order valence-corrected chi connectivity index (χ0v) is 41.1. The molecule has 0 aromatic carbocycles. The van der Waals surface area contributed by atoms with Crippen LogP contribution in [0.1, 0.15) is 232 Å². The molecule has 0 aliphatic rings. The second-order valence-electron chi connectivity index (χ2n) is 18.5. The molecule has 1 amide bonds. The number of carbonyl (C=O) groups is 1. The molecule has 0 bridgehead atoms. The highest BCUT2D eigenvalue weighted by atomic mass is 31.2. The molecule has 0 aliphatic heterocycles. The summed E-state index contributed by atoms with van der Waals surface area (Å²) in [6, 6.07) is -0.756. The standard InChI is InChI=1S/C51H99N2O6P/c1-6-8-10-12-14-15-16-17-18-19-20-21-22-23-24-25-26-27-28-29-30-31-32-33-34-35-36-37-39-41-43-45-51(55)52-49(50(54)44-42-40-38-13-11-9-7-2)48-59-60(56,57)58-47-46-53(3,4)5/h16-17,19-20,22-23,49-50,54H,6-15,18,21,24-48H2,1-5H3,(H-,52,55,56,57)/p+1/b17-16-,20-19-,23-22-. The summed E-state index contributed by atoms with van der Waals surface area (Å²) in [7, 11) is 1.62. The first-order valence-electron chi connectivity index (χ1n) is 25.4. The molecule has 0 aromatic rings. The first-order valence-corrected chi connectivity index (χ1v) is 26.8. The number of allylic oxidation sites excluding steroid dienone is 6. The Labute approximate surface area is 372 Å². The summed E-state index contributed by atoms with van der Waals surface area (Å²) in [5, 5.41) is 13.9. The van der Waals surface area contributed by atoms with Crippen LogP contribution in [0, 0.1) is 0 Å². The normalized spacial score (nSPS) is 14.4. The Morgan fingerprint density at radius 3 is 1.38 bits per heavy atom. The van der Waals surface area contributed by atoms with E-state index >= 15 is 0 Å². The summed E-state index contributed by atoms with van der Waals surface area (Å²) in [6.07, 6.45) is 53.6. The predicted molar refractivity (Wildman–Crippen MR) is 258 cm³/mol. The lowest BCUT2D eigenvalue weighted by molar-refractivity contribution is -0.870. The van der Waals surface area contributed by atoms with Gasteiger partial charge in [-0.1, -0.05) is 211 Å². The quantitative estimate of drug-likeness (QED) is 0.0244. The number of nitrogens with zero attached hydrogens (tertiary/aromatic N) is 1. The number of unbranched alkanes of at least 4 members (excludes halogenated alkanes) is 27. The van der Waals surface area contributed by atoms with Crippen LogP contribution in [0.3, 0.4) is 0 Å². The maximum Gasteiger partial charge on any atom is 0.472 e. The van der Waals surface area contributed by atoms with Gasteiger partial charge in [0.15, 0.2) is 0 Å². The summed E-state index contributed by atoms with van der Waals surface area (Å²) in [6.45, 7) is 4.83. The van der Waals surface area contributed by atoms with Gasteiger partial charge in [-0.2, -0.15) is 0 Å². The molecule has 0 saturated heterocycles. The van der Waals surface area contributed by atoms with Gasteiger partial charge in [0.05, 0.1) is 39.9 Å². The number of hydrogen-bond acceptors (Lipinski definition) is 5. The van der Waals surface area contributed by atoms with E-state index in [4.69, 9.17) is 9.05 Å². The van der Waals surface area contributed by atoms with Gasteiger partial charge in [-0.3, -0.25) is 13.8 Å². The lowest BCUT2D eigenvalue weighted by atomic mass is 10.0. The van der Waals surface area contributed by atoms with E-state index in [1.54, 1.807) is 0 Å². The van der Waals surface area contributed by atoms with Crippen LogP contribution in [0.15, 0.2) is 36.5 Å². The molecule has 3 N–H and O–H groups in total. The fourth-order valence-electron chi connectivity index (χ4n) is 7.35. The number of likely N-dealkylation sites (N-methyl/N-ethyl adjacent to an activating group) is 1. The van der Waals surface area contributed by atoms with Gasteiger partial charge in [-0.05, 0) is 51.4 Å². The summed E-state index contributed by atoms with van der Waals surface area (Å²) in [4.78, 5) is 23.1. The Morgan fingerprint density at radius 1 is 0.567 bits per heavy atom. The van der Waals surface area contributed by atoms with Gasteiger partial charge in [-0.15, -0.1) is 0 Å². The Balaban J connectivity index is 3.92. The Hall–Kier alpha value is -1.28. The molecule has 8 nitrogen and oxygen atoms in total. The average molecular weight is 868 g/mol. The maximum atomic E-state index is 12.9. The molecule has 354 valence electrons. The third-order valence-electron chi connectivity index (χ3n) is 11.4. The summed E-state index contributed by atoms with van der Waals surface area (Å²) in [5.74, 6) is -0.148. The van der Waals surface area contributed by atoms with Crippen LogP contribution >= 0.6 is 7.82 Å². The number of quaternary nitrogens is 1. The Morgan fingerprint density at radius 2 is 0.950 bits per heavy atom. The molecule has 0 spiro atoms. The largest absolute Gasteiger partial charge is 0.472 e. The van der Waals surface area contributed by atoms with Gasteiger partial charge < -0.3 is 19.8 Å². The average Bonchev–Trinajstić information content (AvgIpc) is 3.20. The number of hydrogen-bond donors (Lipinski definition) is 3. The third-order valence-corrected chi connectivity index (χ3v) is 12.4. The number of carbonyl (C=O) groups excluding carboxylic acids is 1. The molecule has 0 fully saturated rings. The van der Waals surface area contributed by atoms with E-state index in [1.165, 1.54) is 154 Å². The van der Waals surface area contributed by atoms with E-state index in [0.717, 1.165) is 51.4 Å². The second kappa shape index (κ2) is 43.0. The fourth-order valence-corrected chi connectivity index (χ4v) is 8.08. The number of amides is 1. The van der Waals surface area contributed by atoms with Crippen molar-refractivity contribution in [3.05, 3.63) is 36.5 Å². The highest BCUT2D eigenvalue weighted by Gasteiger charge is 2.28. The topological polar surface area (TPSA) is 105 Å². The number of aliphatic hydroxyl groups excluding tert-OH is 1. The fraction of sp³-hybridized carbons (Fsp3) is 0.863. The van der Waals surface area contributed by atoms with Crippen LogP contribution in [0.2, 0.25) is 0 Å². The van der Waals surface area contributed by atoms with Crippen LogP contribution in [0.25, 0.3) is 0 Å². The minimum absolute atomic E-state index is 0.0747. The second-order valence-corrected chi connectivity index (χ2v) is 20.0. The van der Waals surface area contributed by atoms with Crippen LogP contribution < -0.4 is 5.32 Å². The lowest BCUT2D eigenvalue weighted by Crippen LogP contribution is -2.46. The van der Waals surface area contributed by atoms with Gasteiger partial charge in [0.25, 0.3) is 0 Å². The van der Waals surface area contributed by atoms with Gasteiger partial charge in [-0.25, -0.2) is 4.57 Å². The van der Waals surface area contributed by atoms with Crippen LogP contribution in [0.4, 0.5) is 0 Å². The summed E-state index contributed by atoms with van der Waals surface area (Å²) >= 11 is 0. The Kier molecular flexibility index (Phi) is 42.1. The smallest absolute Gasteiger partial charge is 0.391 e. The van der Waals surface area contributed by atoms with E-state index in [0.29, 0.717) is 23.9 Å². The van der Waals surface area contributed by atoms with Crippen LogP contribution in [0.5, 0.6) is 0 Å². The first-order chi connectivity index (χ1) is 29.0. The Bertz CT molecular complexity index is 1070. The zero-order chi connectivity index (χ0) is 44.3. The molecule has 0 saturated carbocycles. The van der Waals surface area contributed by atoms with E-state index in [9.17, 15) is 19.4 Å². The number of rotatable bonds is 46. The molecular formula is C51H100N2O6P+. The monoisotopic (exact) mass is 868 g/mol. The molecule has 3 unspecified atom stereocenters. The number of phosphoric ester groups is 1. The van der Waals surface area contributed by atoms with Crippen molar-refractivity contribution in [3.8, 4) is 0 Å². The number of nitrogens with one attached hydrogen (secondary N) is 1. The van der Waals surface area contributed by atoms with Crippen molar-refractivity contribution in [2.75, 3.05) is 40.9 Å². The van der Waals surface area contributed by atoms with Gasteiger partial charge in [0, 0.05) is 6.42 Å². The van der Waals surface area contributed by atoms with Gasteiger partial charge in [0.1, 0.15) is 13.2 Å². The minimum Gasteiger partial charge on any atom is -0.391 e. The third kappa shape index (κ3) is 44.8. The molecule has 0 aliphatic carbocycles. The van der Waals surface area contributed by atoms with Crippen molar-refractivity contribution >= 4 is 13.7 Å². The SMILES string of the molecule is CCCCCCC/C=C\C/C=C\C/C=C\CCCCCCCCCCCCCCCCCCC(=O)NC(COP(=O)(O)OCC[N+](C)(C)C)C(O)CCCCCCCCC. The van der Waals surface area contributed by atoms with Crippen LogP contribution in [-0.2, 0) is 18.4 Å². The summed E-state index contributed by atoms with van der Waals surface area (Å²) in [5.41, 5.74) is 0. The van der Waals surface area contributed by atoms with Crippen molar-refractivity contribution in [1.82, 2.24) is 5.32 Å². The maximum absolute atomic E-state index is 12.9. The summed E-state index contributed by atoms with van der Waals surface area (Å²) < 4.78 is 23.5. The van der Waals surface area contributed by atoms with Crippen molar-refractivity contribution in [2.24, 2.45) is 0 Å². The van der Waals surface area contributed by atoms with Crippen molar-refractivity contribution in [3.63, 3.8) is 0 Å². The van der Waals surface area contributed by atoms with Gasteiger partial charge >= 0.3 is 7.82 Å². The predicted octanol–water partition coefficient (Wildman–Crippen LogP) is 14.6. The number of phosphoric acid groups is 1. The number of aliphatic hydroxyl groups is 1. The van der Waals surface area contributed by atoms with Crippen LogP contribution in [-0.4, -0.2) is 73.4 Å². The van der Waals surface area contributed by atoms with Crippen molar-refractivity contribution in [1.29, 1.82) is 0 Å². The molecule has 3 atom stereocenters. The molecule has 0 aromatic heterocycles. The highest BCUT2D eigenvalue weighted by Crippen LogP contribution is 2.43. The molecule has 0 radical (unpaired) electrons. The van der Waals surface area contributed by atoms with Crippen molar-refractivity contribution < 1.29 is 32.9 Å². The molecule has 0 heterocycles. The lowest BCUT2D eigenvalue weighted by Gasteiger charge is -2.26. The highest BCUT2D eigenvalue weighted by molar-refractivity contribution is 7.47.